The van der Waals surface area contributed by atoms with Crippen molar-refractivity contribution in [3.63, 3.8) is 0 Å². The van der Waals surface area contributed by atoms with Crippen LogP contribution in [0.25, 0.3) is 0 Å². The standard InChI is InChI=1S/C16H30N2O/c1-7-11-16(3,4)14-18(12-8-2)15(19)10-9-13-17(5)6/h8-10H,2,7,11-14H2,1,3-6H3/b10-9+. The number of hydrogen-bond donors (Lipinski definition) is 0. The molecule has 0 aromatic rings. The van der Waals surface area contributed by atoms with Crippen molar-refractivity contribution >= 4 is 5.91 Å². The SMILES string of the molecule is C=CCN(CC(C)(C)CCC)C(=O)/C=C/CN(C)C. The highest BCUT2D eigenvalue weighted by molar-refractivity contribution is 5.87. The van der Waals surface area contributed by atoms with Gasteiger partial charge < -0.3 is 9.80 Å². The molecule has 3 nitrogen and oxygen atoms in total. The average molecular weight is 266 g/mol. The molecule has 0 rings (SSSR count). The van der Waals surface area contributed by atoms with Gasteiger partial charge in [-0.15, -0.1) is 6.58 Å². The second-order valence-electron chi connectivity index (χ2n) is 6.09. The molecular weight excluding hydrogens is 236 g/mol. The number of carbonyl (C=O) groups excluding carboxylic acids is 1. The van der Waals surface area contributed by atoms with Gasteiger partial charge in [0.15, 0.2) is 0 Å². The van der Waals surface area contributed by atoms with Crippen LogP contribution in [-0.4, -0.2) is 49.4 Å². The lowest BCUT2D eigenvalue weighted by atomic mass is 9.87. The van der Waals surface area contributed by atoms with Crippen LogP contribution in [0.5, 0.6) is 0 Å². The molecular formula is C16H30N2O. The average Bonchev–Trinajstić information content (AvgIpc) is 2.27. The van der Waals surface area contributed by atoms with E-state index in [-0.39, 0.29) is 11.3 Å². The molecule has 0 saturated heterocycles. The normalized spacial score (nSPS) is 12.1. The highest BCUT2D eigenvalue weighted by atomic mass is 16.2. The topological polar surface area (TPSA) is 23.6 Å². The summed E-state index contributed by atoms with van der Waals surface area (Å²) in [4.78, 5) is 16.1. The van der Waals surface area contributed by atoms with Crippen LogP contribution >= 0.6 is 0 Å². The van der Waals surface area contributed by atoms with Crippen molar-refractivity contribution in [3.8, 4) is 0 Å². The minimum absolute atomic E-state index is 0.0749. The first-order chi connectivity index (χ1) is 8.82. The van der Waals surface area contributed by atoms with Crippen LogP contribution in [0.2, 0.25) is 0 Å². The summed E-state index contributed by atoms with van der Waals surface area (Å²) in [5, 5.41) is 0. The zero-order valence-corrected chi connectivity index (χ0v) is 13.3. The number of hydrogen-bond acceptors (Lipinski definition) is 2. The van der Waals surface area contributed by atoms with E-state index in [0.29, 0.717) is 6.54 Å². The number of amides is 1. The predicted molar refractivity (Wildman–Crippen MR) is 83.2 cm³/mol. The molecule has 0 aromatic heterocycles. The zero-order valence-electron chi connectivity index (χ0n) is 13.3. The first kappa shape index (κ1) is 17.9. The number of carbonyl (C=O) groups is 1. The van der Waals surface area contributed by atoms with Crippen LogP contribution in [0.15, 0.2) is 24.8 Å². The summed E-state index contributed by atoms with van der Waals surface area (Å²) >= 11 is 0. The van der Waals surface area contributed by atoms with Crippen LogP contribution in [-0.2, 0) is 4.79 Å². The summed E-state index contributed by atoms with van der Waals surface area (Å²) in [6.45, 7) is 12.5. The van der Waals surface area contributed by atoms with E-state index in [1.807, 2.05) is 30.0 Å². The molecule has 0 heterocycles. The molecule has 110 valence electrons. The molecule has 0 N–H and O–H groups in total. The lowest BCUT2D eigenvalue weighted by Crippen LogP contribution is -2.38. The van der Waals surface area contributed by atoms with E-state index >= 15 is 0 Å². The Labute approximate surface area is 119 Å². The third kappa shape index (κ3) is 8.60. The maximum Gasteiger partial charge on any atom is 0.246 e. The fraction of sp³-hybridized carbons (Fsp3) is 0.688. The number of rotatable bonds is 9. The Kier molecular flexibility index (Phi) is 8.41. The van der Waals surface area contributed by atoms with E-state index in [1.165, 1.54) is 0 Å². The maximum atomic E-state index is 12.2. The number of likely N-dealkylation sites (N-methyl/N-ethyl adjacent to an activating group) is 1. The van der Waals surface area contributed by atoms with Gasteiger partial charge in [0.05, 0.1) is 0 Å². The van der Waals surface area contributed by atoms with E-state index in [9.17, 15) is 4.79 Å². The smallest absolute Gasteiger partial charge is 0.246 e. The Morgan fingerprint density at radius 2 is 1.89 bits per heavy atom. The molecule has 0 fully saturated rings. The monoisotopic (exact) mass is 266 g/mol. The zero-order chi connectivity index (χ0) is 14.9. The fourth-order valence-electron chi connectivity index (χ4n) is 2.13. The van der Waals surface area contributed by atoms with Gasteiger partial charge in [0.1, 0.15) is 0 Å². The minimum atomic E-state index is 0.0749. The molecule has 0 aromatic carbocycles. The third-order valence-corrected chi connectivity index (χ3v) is 2.94. The largest absolute Gasteiger partial charge is 0.335 e. The van der Waals surface area contributed by atoms with Crippen molar-refractivity contribution in [2.75, 3.05) is 33.7 Å². The van der Waals surface area contributed by atoms with Gasteiger partial charge in [0, 0.05) is 25.7 Å². The van der Waals surface area contributed by atoms with E-state index in [1.54, 1.807) is 12.2 Å². The summed E-state index contributed by atoms with van der Waals surface area (Å²) in [7, 11) is 3.97. The van der Waals surface area contributed by atoms with Gasteiger partial charge in [-0.2, -0.15) is 0 Å². The Bertz CT molecular complexity index is 306. The van der Waals surface area contributed by atoms with Crippen molar-refractivity contribution in [1.29, 1.82) is 0 Å². The van der Waals surface area contributed by atoms with E-state index in [4.69, 9.17) is 0 Å². The molecule has 0 aliphatic rings. The Hall–Kier alpha value is -1.09. The fourth-order valence-corrected chi connectivity index (χ4v) is 2.13. The summed E-state index contributed by atoms with van der Waals surface area (Å²) in [6.07, 6.45) is 7.63. The molecule has 1 amide bonds. The second kappa shape index (κ2) is 8.92. The van der Waals surface area contributed by atoms with Crippen molar-refractivity contribution in [2.24, 2.45) is 5.41 Å². The van der Waals surface area contributed by atoms with Gasteiger partial charge in [-0.3, -0.25) is 4.79 Å². The molecule has 0 bridgehead atoms. The molecule has 0 aliphatic carbocycles. The van der Waals surface area contributed by atoms with Gasteiger partial charge in [-0.05, 0) is 25.9 Å². The molecule has 3 heteroatoms. The second-order valence-corrected chi connectivity index (χ2v) is 6.09. The molecule has 0 spiro atoms. The lowest BCUT2D eigenvalue weighted by molar-refractivity contribution is -0.126. The highest BCUT2D eigenvalue weighted by Crippen LogP contribution is 2.23. The Morgan fingerprint density at radius 1 is 1.26 bits per heavy atom. The summed E-state index contributed by atoms with van der Waals surface area (Å²) in [5.41, 5.74) is 0.156. The van der Waals surface area contributed by atoms with Crippen molar-refractivity contribution < 1.29 is 4.79 Å². The van der Waals surface area contributed by atoms with Crippen molar-refractivity contribution in [1.82, 2.24) is 9.80 Å². The first-order valence-electron chi connectivity index (χ1n) is 7.03. The van der Waals surface area contributed by atoms with Crippen LogP contribution in [0.4, 0.5) is 0 Å². The van der Waals surface area contributed by atoms with E-state index in [2.05, 4.69) is 27.4 Å². The summed E-state index contributed by atoms with van der Waals surface area (Å²) in [5.74, 6) is 0.0749. The Balaban J connectivity index is 4.58. The third-order valence-electron chi connectivity index (χ3n) is 2.94. The van der Waals surface area contributed by atoms with Gasteiger partial charge in [0.25, 0.3) is 0 Å². The minimum Gasteiger partial charge on any atom is -0.335 e. The highest BCUT2D eigenvalue weighted by Gasteiger charge is 2.22. The van der Waals surface area contributed by atoms with Crippen LogP contribution in [0.1, 0.15) is 33.6 Å². The van der Waals surface area contributed by atoms with Crippen molar-refractivity contribution in [3.05, 3.63) is 24.8 Å². The van der Waals surface area contributed by atoms with Gasteiger partial charge in [-0.1, -0.05) is 39.3 Å². The summed E-state index contributed by atoms with van der Waals surface area (Å²) < 4.78 is 0. The first-order valence-corrected chi connectivity index (χ1v) is 7.03. The molecule has 19 heavy (non-hydrogen) atoms. The van der Waals surface area contributed by atoms with Gasteiger partial charge in [-0.25, -0.2) is 0 Å². The van der Waals surface area contributed by atoms with E-state index in [0.717, 1.165) is 25.9 Å². The van der Waals surface area contributed by atoms with Crippen LogP contribution < -0.4 is 0 Å². The quantitative estimate of drug-likeness (QED) is 0.473. The molecule has 0 saturated carbocycles. The molecule has 0 aliphatic heterocycles. The predicted octanol–water partition coefficient (Wildman–Crippen LogP) is 2.95. The summed E-state index contributed by atoms with van der Waals surface area (Å²) in [6, 6.07) is 0. The number of nitrogens with zero attached hydrogens (tertiary/aromatic N) is 2. The molecule has 0 radical (unpaired) electrons. The molecule has 0 unspecified atom stereocenters. The maximum absolute atomic E-state index is 12.2. The lowest BCUT2D eigenvalue weighted by Gasteiger charge is -2.31. The van der Waals surface area contributed by atoms with Crippen LogP contribution in [0.3, 0.4) is 0 Å². The van der Waals surface area contributed by atoms with Crippen LogP contribution in [0, 0.1) is 5.41 Å². The van der Waals surface area contributed by atoms with E-state index < -0.39 is 0 Å². The van der Waals surface area contributed by atoms with Gasteiger partial charge >= 0.3 is 0 Å². The molecule has 0 atom stereocenters. The van der Waals surface area contributed by atoms with Crippen molar-refractivity contribution in [2.45, 2.75) is 33.6 Å². The Morgan fingerprint density at radius 3 is 2.37 bits per heavy atom. The van der Waals surface area contributed by atoms with Gasteiger partial charge in [0.2, 0.25) is 5.91 Å².